The van der Waals surface area contributed by atoms with Gasteiger partial charge >= 0.3 is 0 Å². The van der Waals surface area contributed by atoms with E-state index in [4.69, 9.17) is 18.0 Å². The Labute approximate surface area is 130 Å². The van der Waals surface area contributed by atoms with E-state index < -0.39 is 0 Å². The van der Waals surface area contributed by atoms with Crippen molar-refractivity contribution < 1.29 is 0 Å². The second-order valence-electron chi connectivity index (χ2n) is 6.04. The van der Waals surface area contributed by atoms with Crippen LogP contribution in [0.15, 0.2) is 30.3 Å². The van der Waals surface area contributed by atoms with Crippen LogP contribution in [-0.2, 0) is 0 Å². The summed E-state index contributed by atoms with van der Waals surface area (Å²) >= 11 is 5.18. The Kier molecular flexibility index (Phi) is 3.81. The van der Waals surface area contributed by atoms with Gasteiger partial charge in [0.05, 0.1) is 5.52 Å². The van der Waals surface area contributed by atoms with E-state index in [0.717, 1.165) is 28.8 Å². The number of para-hydroxylation sites is 1. The van der Waals surface area contributed by atoms with E-state index >= 15 is 0 Å². The number of anilines is 1. The lowest BCUT2D eigenvalue weighted by atomic mass is 10.0. The van der Waals surface area contributed by atoms with Crippen LogP contribution in [0.4, 0.5) is 5.82 Å². The van der Waals surface area contributed by atoms with Crippen LogP contribution in [0.3, 0.4) is 0 Å². The smallest absolute Gasteiger partial charge is 0.127 e. The van der Waals surface area contributed by atoms with Crippen molar-refractivity contribution in [3.05, 3.63) is 35.9 Å². The molecular formula is C17H21N3S. The largest absolute Gasteiger partial charge is 0.389 e. The lowest BCUT2D eigenvalue weighted by Gasteiger charge is -2.16. The molecule has 1 fully saturated rings. The van der Waals surface area contributed by atoms with Crippen LogP contribution >= 0.6 is 12.2 Å². The number of nitrogens with two attached hydrogens (primary N) is 1. The van der Waals surface area contributed by atoms with E-state index in [1.54, 1.807) is 0 Å². The first kappa shape index (κ1) is 14.3. The Bertz CT molecular complexity index is 677. The molecule has 1 aliphatic rings. The van der Waals surface area contributed by atoms with Gasteiger partial charge in [-0.15, -0.1) is 0 Å². The monoisotopic (exact) mass is 299 g/mol. The molecule has 1 heterocycles. The molecule has 0 unspecified atom stereocenters. The highest BCUT2D eigenvalue weighted by Crippen LogP contribution is 2.49. The summed E-state index contributed by atoms with van der Waals surface area (Å²) < 4.78 is 0. The van der Waals surface area contributed by atoms with Gasteiger partial charge in [-0.25, -0.2) is 4.98 Å². The van der Waals surface area contributed by atoms with Crippen molar-refractivity contribution in [3.63, 3.8) is 0 Å². The molecule has 21 heavy (non-hydrogen) atoms. The van der Waals surface area contributed by atoms with E-state index in [-0.39, 0.29) is 0 Å². The van der Waals surface area contributed by atoms with E-state index in [1.165, 1.54) is 25.7 Å². The fourth-order valence-corrected chi connectivity index (χ4v) is 3.14. The lowest BCUT2D eigenvalue weighted by molar-refractivity contribution is 0.485. The van der Waals surface area contributed by atoms with Crippen LogP contribution in [-0.4, -0.2) is 16.5 Å². The molecular weight excluding hydrogens is 278 g/mol. The molecule has 0 amide bonds. The number of benzene rings is 1. The minimum atomic E-state index is 0.423. The van der Waals surface area contributed by atoms with Gasteiger partial charge in [-0.05, 0) is 36.8 Å². The maximum absolute atomic E-state index is 5.87. The van der Waals surface area contributed by atoms with Crippen molar-refractivity contribution in [2.24, 2.45) is 11.1 Å². The van der Waals surface area contributed by atoms with Crippen LogP contribution in [0, 0.1) is 5.41 Å². The molecule has 1 saturated carbocycles. The molecule has 0 saturated heterocycles. The summed E-state index contributed by atoms with van der Waals surface area (Å²) in [4.78, 5) is 5.11. The molecule has 1 aromatic carbocycles. The maximum atomic E-state index is 5.87. The van der Waals surface area contributed by atoms with Crippen molar-refractivity contribution in [2.45, 2.75) is 32.6 Å². The fraction of sp³-hybridized carbons (Fsp3) is 0.412. The molecule has 3 rings (SSSR count). The summed E-state index contributed by atoms with van der Waals surface area (Å²) in [5.74, 6) is 0.874. The van der Waals surface area contributed by atoms with Crippen LogP contribution in [0.1, 0.15) is 38.2 Å². The Hall–Kier alpha value is -1.68. The van der Waals surface area contributed by atoms with Gasteiger partial charge in [0.2, 0.25) is 0 Å². The zero-order valence-electron chi connectivity index (χ0n) is 12.4. The molecule has 3 nitrogen and oxygen atoms in total. The first-order chi connectivity index (χ1) is 10.1. The summed E-state index contributed by atoms with van der Waals surface area (Å²) in [6, 6.07) is 9.97. The summed E-state index contributed by atoms with van der Waals surface area (Å²) in [5, 5.41) is 4.51. The number of nitrogens with zero attached hydrogens (tertiary/aromatic N) is 1. The van der Waals surface area contributed by atoms with Crippen molar-refractivity contribution in [1.29, 1.82) is 0 Å². The summed E-state index contributed by atoms with van der Waals surface area (Å²) in [5.41, 5.74) is 8.20. The SMILES string of the molecule is CCCC1(CNc2cc(C(N)=S)c3ccccc3n2)CC1. The molecule has 0 atom stereocenters. The van der Waals surface area contributed by atoms with E-state index in [0.29, 0.717) is 10.4 Å². The third kappa shape index (κ3) is 3.00. The van der Waals surface area contributed by atoms with Gasteiger partial charge in [0.15, 0.2) is 0 Å². The van der Waals surface area contributed by atoms with Crippen molar-refractivity contribution in [1.82, 2.24) is 4.98 Å². The number of hydrogen-bond acceptors (Lipinski definition) is 3. The molecule has 0 spiro atoms. The van der Waals surface area contributed by atoms with Crippen LogP contribution in [0.2, 0.25) is 0 Å². The first-order valence-electron chi connectivity index (χ1n) is 7.57. The van der Waals surface area contributed by atoms with Gasteiger partial charge < -0.3 is 11.1 Å². The number of pyridine rings is 1. The Balaban J connectivity index is 1.87. The summed E-state index contributed by atoms with van der Waals surface area (Å²) in [6.07, 6.45) is 5.17. The van der Waals surface area contributed by atoms with Crippen LogP contribution < -0.4 is 11.1 Å². The molecule has 0 aliphatic heterocycles. The minimum Gasteiger partial charge on any atom is -0.389 e. The Morgan fingerprint density at radius 1 is 1.38 bits per heavy atom. The second kappa shape index (κ2) is 5.60. The quantitative estimate of drug-likeness (QED) is 0.795. The third-order valence-electron chi connectivity index (χ3n) is 4.36. The Morgan fingerprint density at radius 2 is 2.14 bits per heavy atom. The lowest BCUT2D eigenvalue weighted by Crippen LogP contribution is -2.17. The fourth-order valence-electron chi connectivity index (χ4n) is 2.97. The van der Waals surface area contributed by atoms with Crippen LogP contribution in [0.5, 0.6) is 0 Å². The third-order valence-corrected chi connectivity index (χ3v) is 4.58. The highest BCUT2D eigenvalue weighted by molar-refractivity contribution is 7.80. The van der Waals surface area contributed by atoms with Gasteiger partial charge in [0.1, 0.15) is 10.8 Å². The minimum absolute atomic E-state index is 0.423. The molecule has 110 valence electrons. The van der Waals surface area contributed by atoms with Gasteiger partial charge in [0, 0.05) is 17.5 Å². The van der Waals surface area contributed by atoms with E-state index in [9.17, 15) is 0 Å². The molecule has 3 N–H and O–H groups in total. The van der Waals surface area contributed by atoms with E-state index in [1.807, 2.05) is 30.3 Å². The predicted molar refractivity (Wildman–Crippen MR) is 92.7 cm³/mol. The van der Waals surface area contributed by atoms with Gasteiger partial charge in [0.25, 0.3) is 0 Å². The average Bonchev–Trinajstić information content (AvgIpc) is 3.24. The summed E-state index contributed by atoms with van der Waals surface area (Å²) in [6.45, 7) is 3.24. The number of aromatic nitrogens is 1. The van der Waals surface area contributed by atoms with Crippen LogP contribution in [0.25, 0.3) is 10.9 Å². The van der Waals surface area contributed by atoms with Crippen molar-refractivity contribution >= 4 is 33.9 Å². The predicted octanol–water partition coefficient (Wildman–Crippen LogP) is 3.86. The number of fused-ring (bicyclic) bond motifs is 1. The van der Waals surface area contributed by atoms with E-state index in [2.05, 4.69) is 17.2 Å². The van der Waals surface area contributed by atoms with Gasteiger partial charge in [-0.3, -0.25) is 0 Å². The normalized spacial score (nSPS) is 15.9. The van der Waals surface area contributed by atoms with Gasteiger partial charge in [-0.1, -0.05) is 43.8 Å². The zero-order chi connectivity index (χ0) is 14.9. The number of nitrogens with one attached hydrogen (secondary N) is 1. The highest BCUT2D eigenvalue weighted by atomic mass is 32.1. The summed E-state index contributed by atoms with van der Waals surface area (Å²) in [7, 11) is 0. The van der Waals surface area contributed by atoms with Gasteiger partial charge in [-0.2, -0.15) is 0 Å². The number of rotatable bonds is 6. The number of thiocarbonyl (C=S) groups is 1. The average molecular weight is 299 g/mol. The molecule has 0 bridgehead atoms. The molecule has 1 aliphatic carbocycles. The highest BCUT2D eigenvalue weighted by Gasteiger charge is 2.41. The molecule has 2 aromatic rings. The first-order valence-corrected chi connectivity index (χ1v) is 7.98. The molecule has 4 heteroatoms. The second-order valence-corrected chi connectivity index (χ2v) is 6.48. The van der Waals surface area contributed by atoms with Crippen molar-refractivity contribution in [2.75, 3.05) is 11.9 Å². The maximum Gasteiger partial charge on any atom is 0.127 e. The molecule has 1 aromatic heterocycles. The number of hydrogen-bond donors (Lipinski definition) is 2. The van der Waals surface area contributed by atoms with Crippen molar-refractivity contribution in [3.8, 4) is 0 Å². The zero-order valence-corrected chi connectivity index (χ0v) is 13.2. The standard InChI is InChI=1S/C17H21N3S/c1-2-7-17(8-9-17)11-19-15-10-13(16(18)21)12-5-3-4-6-14(12)20-15/h3-6,10H,2,7-9,11H2,1H3,(H2,18,21)(H,19,20). The Morgan fingerprint density at radius 3 is 2.81 bits per heavy atom. The topological polar surface area (TPSA) is 50.9 Å². The molecule has 0 radical (unpaired) electrons.